The van der Waals surface area contributed by atoms with Crippen LogP contribution in [0.2, 0.25) is 0 Å². The largest absolute Gasteiger partial charge is 0.417 e. The lowest BCUT2D eigenvalue weighted by molar-refractivity contribution is -0.223. The van der Waals surface area contributed by atoms with Gasteiger partial charge in [-0.3, -0.25) is 4.68 Å². The fourth-order valence-electron chi connectivity index (χ4n) is 3.67. The number of alkyl halides is 6. The Kier molecular flexibility index (Phi) is 5.22. The highest BCUT2D eigenvalue weighted by Crippen LogP contribution is 2.38. The van der Waals surface area contributed by atoms with Crippen LogP contribution < -0.4 is 0 Å². The molecule has 0 N–H and O–H groups in total. The van der Waals surface area contributed by atoms with Crippen LogP contribution >= 0.6 is 0 Å². The topological polar surface area (TPSA) is 42.0 Å². The van der Waals surface area contributed by atoms with E-state index in [1.54, 1.807) is 36.5 Å². The molecule has 0 amide bonds. The molecule has 0 bridgehead atoms. The Morgan fingerprint density at radius 3 is 2.29 bits per heavy atom. The van der Waals surface area contributed by atoms with Crippen LogP contribution in [-0.4, -0.2) is 20.5 Å². The first kappa shape index (κ1) is 22.8. The number of rotatable bonds is 4. The minimum Gasteiger partial charge on any atom is -0.257 e. The molecule has 2 aromatic carbocycles. The molecule has 0 saturated heterocycles. The van der Waals surface area contributed by atoms with Gasteiger partial charge in [-0.25, -0.2) is 13.8 Å². The monoisotopic (exact) mass is 492 g/mol. The summed E-state index contributed by atoms with van der Waals surface area (Å²) in [4.78, 5) is 4.33. The number of nitrogens with zero attached hydrogens (tertiary/aromatic N) is 3. The van der Waals surface area contributed by atoms with Crippen LogP contribution in [0, 0.1) is 5.82 Å². The summed E-state index contributed by atoms with van der Waals surface area (Å²) in [5, 5.41) is 4.31. The van der Waals surface area contributed by atoms with Gasteiger partial charge in [0.05, 0.1) is 22.4 Å². The van der Waals surface area contributed by atoms with Crippen molar-refractivity contribution in [3.8, 4) is 22.6 Å². The van der Waals surface area contributed by atoms with E-state index in [1.165, 1.54) is 16.8 Å². The summed E-state index contributed by atoms with van der Waals surface area (Å²) >= 11 is 0. The lowest BCUT2D eigenvalue weighted by Gasteiger charge is -2.14. The van der Waals surface area contributed by atoms with Crippen molar-refractivity contribution in [3.63, 3.8) is 0 Å². The molecule has 0 radical (unpaired) electrons. The predicted molar refractivity (Wildman–Crippen MR) is 111 cm³/mol. The van der Waals surface area contributed by atoms with Crippen LogP contribution in [0.15, 0.2) is 72.6 Å². The molecule has 3 heterocycles. The zero-order valence-corrected chi connectivity index (χ0v) is 17.5. The molecule has 178 valence electrons. The molecule has 0 saturated carbocycles. The molecule has 0 aliphatic carbocycles. The van der Waals surface area contributed by atoms with Gasteiger partial charge in [-0.1, -0.05) is 12.1 Å². The van der Waals surface area contributed by atoms with E-state index in [2.05, 4.69) is 10.1 Å². The van der Waals surface area contributed by atoms with Gasteiger partial charge in [0.2, 0.25) is 0 Å². The van der Waals surface area contributed by atoms with Crippen molar-refractivity contribution in [1.29, 1.82) is 0 Å². The van der Waals surface area contributed by atoms with Crippen molar-refractivity contribution >= 4 is 5.78 Å². The zero-order valence-electron chi connectivity index (χ0n) is 17.5. The summed E-state index contributed by atoms with van der Waals surface area (Å²) in [5.41, 5.74) is -1.95. The van der Waals surface area contributed by atoms with Gasteiger partial charge in [0.1, 0.15) is 11.9 Å². The number of hydrogen-bond acceptors (Lipinski definition) is 2. The summed E-state index contributed by atoms with van der Waals surface area (Å²) in [7, 11) is 0. The van der Waals surface area contributed by atoms with Crippen LogP contribution in [-0.2, 0) is 18.9 Å². The average molecular weight is 492 g/mol. The molecule has 5 rings (SSSR count). The maximum atomic E-state index is 14.0. The second-order valence-corrected chi connectivity index (χ2v) is 7.75. The lowest BCUT2D eigenvalue weighted by atomic mass is 9.98. The molecular formula is C24H13F7N3O+. The lowest BCUT2D eigenvalue weighted by Crippen LogP contribution is -2.20. The maximum Gasteiger partial charge on any atom is 0.417 e. The normalized spacial score (nSPS) is 14.0. The molecular weight excluding hydrogens is 479 g/mol. The van der Waals surface area contributed by atoms with Crippen LogP contribution in [0.1, 0.15) is 21.1 Å². The van der Waals surface area contributed by atoms with Crippen molar-refractivity contribution in [2.75, 3.05) is 0 Å². The number of ketones is 1. The Balaban J connectivity index is 1.37. The fourth-order valence-corrected chi connectivity index (χ4v) is 3.67. The van der Waals surface area contributed by atoms with Gasteiger partial charge in [-0.2, -0.15) is 31.4 Å². The van der Waals surface area contributed by atoms with Crippen molar-refractivity contribution < 1.29 is 35.2 Å². The SMILES string of the molecule is Fc1ccccc1-c1cc2ccn(CC3=CC(c4ccc(C(F)(F)F)cc4C(F)(F)F)=[O+]3)nc-2n1. The number of benzene rings is 2. The van der Waals surface area contributed by atoms with Gasteiger partial charge in [-0.15, -0.1) is 0 Å². The minimum absolute atomic E-state index is 0.0450. The summed E-state index contributed by atoms with van der Waals surface area (Å²) in [6.07, 6.45) is -7.01. The first-order valence-corrected chi connectivity index (χ1v) is 10.1. The molecule has 0 spiro atoms. The van der Waals surface area contributed by atoms with E-state index in [4.69, 9.17) is 4.42 Å². The highest BCUT2D eigenvalue weighted by molar-refractivity contribution is 6.08. The third-order valence-electron chi connectivity index (χ3n) is 5.34. The summed E-state index contributed by atoms with van der Waals surface area (Å²) < 4.78 is 99.6. The first-order chi connectivity index (χ1) is 16.5. The van der Waals surface area contributed by atoms with Gasteiger partial charge in [0, 0.05) is 17.3 Å². The molecule has 0 atom stereocenters. The number of carbonyl (C=O) groups excluding carboxylic acids is 1. The summed E-state index contributed by atoms with van der Waals surface area (Å²) in [5.74, 6) is -0.0421. The highest BCUT2D eigenvalue weighted by Gasteiger charge is 2.43. The highest BCUT2D eigenvalue weighted by atomic mass is 19.4. The number of halogens is 7. The second-order valence-electron chi connectivity index (χ2n) is 7.75. The number of aromatic nitrogens is 3. The van der Waals surface area contributed by atoms with Crippen LogP contribution in [0.25, 0.3) is 22.6 Å². The smallest absolute Gasteiger partial charge is 0.257 e. The molecule has 11 heteroatoms. The van der Waals surface area contributed by atoms with E-state index in [1.807, 2.05) is 0 Å². The van der Waals surface area contributed by atoms with E-state index < -0.39 is 34.9 Å². The third kappa shape index (κ3) is 4.41. The molecule has 3 aliphatic heterocycles. The minimum atomic E-state index is -5.00. The second kappa shape index (κ2) is 8.03. The van der Waals surface area contributed by atoms with E-state index in [0.29, 0.717) is 28.7 Å². The summed E-state index contributed by atoms with van der Waals surface area (Å²) in [6, 6.07) is 10.9. The van der Waals surface area contributed by atoms with Crippen LogP contribution in [0.4, 0.5) is 30.7 Å². The van der Waals surface area contributed by atoms with Crippen molar-refractivity contribution in [3.05, 3.63) is 95.1 Å². The molecule has 0 unspecified atom stereocenters. The molecule has 0 aromatic heterocycles. The molecule has 3 aliphatic rings. The van der Waals surface area contributed by atoms with Crippen molar-refractivity contribution in [2.45, 2.75) is 18.9 Å². The number of hydrogen-bond donors (Lipinski definition) is 0. The Morgan fingerprint density at radius 1 is 0.857 bits per heavy atom. The predicted octanol–water partition coefficient (Wildman–Crippen LogP) is 6.54. The van der Waals surface area contributed by atoms with Gasteiger partial charge in [0.25, 0.3) is 0 Å². The van der Waals surface area contributed by atoms with E-state index >= 15 is 0 Å². The maximum absolute atomic E-state index is 14.0. The van der Waals surface area contributed by atoms with Gasteiger partial charge in [-0.05, 0) is 42.5 Å². The van der Waals surface area contributed by atoms with E-state index in [-0.39, 0.29) is 24.2 Å². The Labute approximate surface area is 193 Å². The number of fused-ring (bicyclic) bond motifs is 1. The van der Waals surface area contributed by atoms with Gasteiger partial charge >= 0.3 is 23.9 Å². The van der Waals surface area contributed by atoms with Gasteiger partial charge < -0.3 is 0 Å². The van der Waals surface area contributed by atoms with E-state index in [9.17, 15) is 30.7 Å². The molecule has 0 fully saturated rings. The van der Waals surface area contributed by atoms with Crippen molar-refractivity contribution in [1.82, 2.24) is 14.8 Å². The molecule has 4 nitrogen and oxygen atoms in total. The van der Waals surface area contributed by atoms with Gasteiger partial charge in [0.15, 0.2) is 12.4 Å². The average Bonchev–Trinajstić information content (AvgIpc) is 3.18. The molecule has 35 heavy (non-hydrogen) atoms. The Hall–Kier alpha value is -4.02. The first-order valence-electron chi connectivity index (χ1n) is 10.1. The standard InChI is InChI=1S/C24H13F7N3O/c25-19-4-2-1-3-17(19)20-9-13-7-8-34(33-22(13)32-20)12-15-11-21(35-15)16-6-5-14(23(26,27)28)10-18(16)24(29,30)31/h1-11H,12H2/q+1. The van der Waals surface area contributed by atoms with Crippen LogP contribution in [0.5, 0.6) is 0 Å². The summed E-state index contributed by atoms with van der Waals surface area (Å²) in [6.45, 7) is 0.0450. The quantitative estimate of drug-likeness (QED) is 0.240. The molecule has 2 aromatic rings. The zero-order chi connectivity index (χ0) is 25.0. The van der Waals surface area contributed by atoms with Crippen LogP contribution in [0.3, 0.4) is 0 Å². The Bertz CT molecular complexity index is 1460. The third-order valence-corrected chi connectivity index (χ3v) is 5.34. The van der Waals surface area contributed by atoms with Crippen molar-refractivity contribution in [2.24, 2.45) is 0 Å². The fraction of sp³-hybridized carbons (Fsp3) is 0.125. The van der Waals surface area contributed by atoms with E-state index in [0.717, 1.165) is 6.07 Å². The Morgan fingerprint density at radius 2 is 1.60 bits per heavy atom. The number of allylic oxidation sites excluding steroid dienone is 2.